The van der Waals surface area contributed by atoms with Crippen molar-refractivity contribution in [1.82, 2.24) is 9.97 Å². The van der Waals surface area contributed by atoms with Crippen LogP contribution in [0.5, 0.6) is 0 Å². The number of ether oxygens (including phenoxy) is 1. The Kier molecular flexibility index (Phi) is 2.07. The highest BCUT2D eigenvalue weighted by molar-refractivity contribution is 5.37. The van der Waals surface area contributed by atoms with E-state index in [1.54, 1.807) is 6.07 Å². The first-order valence-electron chi connectivity index (χ1n) is 4.91. The van der Waals surface area contributed by atoms with Gasteiger partial charge in [-0.1, -0.05) is 0 Å². The average molecular weight is 180 g/mol. The van der Waals surface area contributed by atoms with Crippen LogP contribution in [0.25, 0.3) is 0 Å². The van der Waals surface area contributed by atoms with Crippen LogP contribution in [0.4, 0.5) is 5.82 Å². The molecular formula is C9H13N3O. The summed E-state index contributed by atoms with van der Waals surface area (Å²) in [5, 5.41) is 0. The summed E-state index contributed by atoms with van der Waals surface area (Å²) in [5.41, 5.74) is 0. The van der Waals surface area contributed by atoms with Crippen molar-refractivity contribution in [2.75, 3.05) is 31.2 Å². The minimum absolute atomic E-state index is 0.277. The van der Waals surface area contributed by atoms with Gasteiger partial charge in [0.1, 0.15) is 11.6 Å². The predicted molar refractivity (Wildman–Crippen MR) is 49.8 cm³/mol. The van der Waals surface area contributed by atoms with Crippen molar-refractivity contribution < 1.29 is 6.11 Å². The molecule has 0 radical (unpaired) electrons. The van der Waals surface area contributed by atoms with Crippen LogP contribution in [-0.4, -0.2) is 36.3 Å². The van der Waals surface area contributed by atoms with Gasteiger partial charge < -0.3 is 9.64 Å². The lowest BCUT2D eigenvalue weighted by Crippen LogP contribution is -2.36. The third-order valence-corrected chi connectivity index (χ3v) is 2.03. The van der Waals surface area contributed by atoms with E-state index in [0.29, 0.717) is 5.82 Å². The number of nitrogens with zero attached hydrogens (tertiary/aromatic N) is 3. The van der Waals surface area contributed by atoms with Crippen molar-refractivity contribution >= 4 is 5.82 Å². The van der Waals surface area contributed by atoms with Crippen molar-refractivity contribution in [3.8, 4) is 0 Å². The molecule has 1 fully saturated rings. The first-order chi connectivity index (χ1) is 6.75. The second kappa shape index (κ2) is 3.70. The fourth-order valence-electron chi connectivity index (χ4n) is 1.36. The topological polar surface area (TPSA) is 38.2 Å². The Morgan fingerprint density at radius 1 is 1.54 bits per heavy atom. The Hall–Kier alpha value is -1.16. The molecule has 0 amide bonds. The van der Waals surface area contributed by atoms with Crippen molar-refractivity contribution in [1.29, 1.82) is 0 Å². The summed E-state index contributed by atoms with van der Waals surface area (Å²) in [5.74, 6) is 1.49. The smallest absolute Gasteiger partial charge is 0.132 e. The molecule has 0 atom stereocenters. The minimum atomic E-state index is 0.277. The zero-order valence-corrected chi connectivity index (χ0v) is 7.66. The Morgan fingerprint density at radius 3 is 3.00 bits per heavy atom. The average Bonchev–Trinajstić information content (AvgIpc) is 2.18. The third kappa shape index (κ3) is 1.95. The summed E-state index contributed by atoms with van der Waals surface area (Å²) in [6.07, 6.45) is 0.277. The molecule has 0 unspecified atom stereocenters. The summed E-state index contributed by atoms with van der Waals surface area (Å²) >= 11 is 0. The van der Waals surface area contributed by atoms with E-state index in [1.807, 2.05) is 6.92 Å². The molecule has 1 aliphatic heterocycles. The van der Waals surface area contributed by atoms with Crippen LogP contribution >= 0.6 is 0 Å². The lowest BCUT2D eigenvalue weighted by molar-refractivity contribution is 0.122. The summed E-state index contributed by atoms with van der Waals surface area (Å²) in [7, 11) is 0. The standard InChI is InChI=1S/C9H13N3O/c1-8-10-3-2-9(11-8)12-4-6-13-7-5-12/h2-3H,4-7H2,1H3/i3D. The molecule has 1 aliphatic rings. The van der Waals surface area contributed by atoms with E-state index in [-0.39, 0.29) is 6.17 Å². The van der Waals surface area contributed by atoms with Gasteiger partial charge in [-0.2, -0.15) is 0 Å². The van der Waals surface area contributed by atoms with Crippen LogP contribution in [0, 0.1) is 6.92 Å². The van der Waals surface area contributed by atoms with Crippen molar-refractivity contribution in [3.63, 3.8) is 0 Å². The Balaban J connectivity index is 2.21. The maximum Gasteiger partial charge on any atom is 0.132 e. The zero-order valence-electron chi connectivity index (χ0n) is 8.66. The van der Waals surface area contributed by atoms with E-state index in [0.717, 1.165) is 32.1 Å². The number of rotatable bonds is 1. The van der Waals surface area contributed by atoms with Crippen molar-refractivity contribution in [3.05, 3.63) is 18.1 Å². The van der Waals surface area contributed by atoms with Gasteiger partial charge in [-0.25, -0.2) is 9.97 Å². The van der Waals surface area contributed by atoms with Crippen molar-refractivity contribution in [2.24, 2.45) is 0 Å². The number of hydrogen-bond acceptors (Lipinski definition) is 4. The molecule has 0 N–H and O–H groups in total. The monoisotopic (exact) mass is 180 g/mol. The number of anilines is 1. The molecule has 0 saturated carbocycles. The number of aromatic nitrogens is 2. The van der Waals surface area contributed by atoms with Gasteiger partial charge in [0.2, 0.25) is 0 Å². The summed E-state index contributed by atoms with van der Waals surface area (Å²) in [6, 6.07) is 1.69. The SMILES string of the molecule is [2H]c1cc(N2CCOCC2)nc(C)n1. The molecule has 2 heterocycles. The third-order valence-electron chi connectivity index (χ3n) is 2.03. The first-order valence-corrected chi connectivity index (χ1v) is 4.41. The quantitative estimate of drug-likeness (QED) is 0.635. The summed E-state index contributed by atoms with van der Waals surface area (Å²) < 4.78 is 12.7. The molecule has 1 saturated heterocycles. The Bertz CT molecular complexity index is 306. The fourth-order valence-corrected chi connectivity index (χ4v) is 1.36. The Morgan fingerprint density at radius 2 is 2.31 bits per heavy atom. The second-order valence-electron chi connectivity index (χ2n) is 3.00. The summed E-state index contributed by atoms with van der Waals surface area (Å²) in [6.45, 7) is 4.96. The highest BCUT2D eigenvalue weighted by Crippen LogP contribution is 2.10. The normalized spacial score (nSPS) is 18.5. The Labute approximate surface area is 79.0 Å². The van der Waals surface area contributed by atoms with Gasteiger partial charge in [-0.3, -0.25) is 0 Å². The minimum Gasteiger partial charge on any atom is -0.378 e. The molecule has 13 heavy (non-hydrogen) atoms. The van der Waals surface area contributed by atoms with E-state index in [4.69, 9.17) is 6.11 Å². The molecule has 2 rings (SSSR count). The lowest BCUT2D eigenvalue weighted by Gasteiger charge is -2.27. The van der Waals surface area contributed by atoms with Gasteiger partial charge in [0.05, 0.1) is 14.6 Å². The van der Waals surface area contributed by atoms with Crippen molar-refractivity contribution in [2.45, 2.75) is 6.92 Å². The number of hydrogen-bond donors (Lipinski definition) is 0. The van der Waals surface area contributed by atoms with Gasteiger partial charge in [0.25, 0.3) is 0 Å². The second-order valence-corrected chi connectivity index (χ2v) is 3.00. The van der Waals surface area contributed by atoms with Crippen LogP contribution in [-0.2, 0) is 4.74 Å². The van der Waals surface area contributed by atoms with Gasteiger partial charge in [-0.05, 0) is 13.0 Å². The fraction of sp³-hybridized carbons (Fsp3) is 0.556. The number of morpholine rings is 1. The van der Waals surface area contributed by atoms with Crippen LogP contribution in [0.2, 0.25) is 0 Å². The van der Waals surface area contributed by atoms with Crippen LogP contribution in [0.1, 0.15) is 7.20 Å². The molecule has 4 heteroatoms. The summed E-state index contributed by atoms with van der Waals surface area (Å²) in [4.78, 5) is 10.3. The van der Waals surface area contributed by atoms with E-state index >= 15 is 0 Å². The lowest BCUT2D eigenvalue weighted by atomic mass is 10.4. The van der Waals surface area contributed by atoms with Gasteiger partial charge in [0.15, 0.2) is 0 Å². The van der Waals surface area contributed by atoms with Gasteiger partial charge >= 0.3 is 0 Å². The molecule has 70 valence electrons. The molecule has 4 nitrogen and oxygen atoms in total. The molecular weight excluding hydrogens is 166 g/mol. The van der Waals surface area contributed by atoms with E-state index in [2.05, 4.69) is 14.9 Å². The zero-order chi connectivity index (χ0) is 9.97. The van der Waals surface area contributed by atoms with E-state index in [1.165, 1.54) is 0 Å². The van der Waals surface area contributed by atoms with Crippen LogP contribution in [0.3, 0.4) is 0 Å². The molecule has 1 aromatic rings. The maximum absolute atomic E-state index is 7.49. The maximum atomic E-state index is 7.49. The largest absolute Gasteiger partial charge is 0.378 e. The highest BCUT2D eigenvalue weighted by atomic mass is 16.5. The van der Waals surface area contributed by atoms with Gasteiger partial charge in [-0.15, -0.1) is 0 Å². The van der Waals surface area contributed by atoms with E-state index in [9.17, 15) is 0 Å². The number of aryl methyl sites for hydroxylation is 1. The molecule has 0 aliphatic carbocycles. The first kappa shape index (κ1) is 7.26. The molecule has 0 bridgehead atoms. The molecule has 0 aromatic carbocycles. The predicted octanol–water partition coefficient (Wildman–Crippen LogP) is 0.622. The van der Waals surface area contributed by atoms with E-state index < -0.39 is 0 Å². The van der Waals surface area contributed by atoms with Crippen LogP contribution in [0.15, 0.2) is 12.2 Å². The highest BCUT2D eigenvalue weighted by Gasteiger charge is 2.11. The van der Waals surface area contributed by atoms with Crippen LogP contribution < -0.4 is 4.90 Å². The van der Waals surface area contributed by atoms with Gasteiger partial charge in [0, 0.05) is 19.3 Å². The molecule has 1 aromatic heterocycles. The molecule has 0 spiro atoms.